The van der Waals surface area contributed by atoms with Crippen LogP contribution in [0.5, 0.6) is 11.6 Å². The standard InChI is InChI=1S/C14H14N2OS/c1-3-10-18-14-9-8-13(15-16-14)17-12-7-5-4-6-11(12)2/h3-9H,1,10H2,2H3. The molecule has 0 saturated heterocycles. The average Bonchev–Trinajstić information content (AvgIpc) is 2.41. The zero-order valence-corrected chi connectivity index (χ0v) is 11.0. The van der Waals surface area contributed by atoms with Crippen molar-refractivity contribution in [3.63, 3.8) is 0 Å². The van der Waals surface area contributed by atoms with Gasteiger partial charge in [0.05, 0.1) is 0 Å². The minimum absolute atomic E-state index is 0.507. The highest BCUT2D eigenvalue weighted by Gasteiger charge is 2.02. The van der Waals surface area contributed by atoms with Crippen molar-refractivity contribution in [3.05, 3.63) is 54.6 Å². The quantitative estimate of drug-likeness (QED) is 0.602. The van der Waals surface area contributed by atoms with E-state index in [9.17, 15) is 0 Å². The molecule has 1 heterocycles. The van der Waals surface area contributed by atoms with Gasteiger partial charge in [0.25, 0.3) is 0 Å². The number of thioether (sulfide) groups is 1. The lowest BCUT2D eigenvalue weighted by atomic mass is 10.2. The first-order valence-corrected chi connectivity index (χ1v) is 6.59. The fourth-order valence-electron chi connectivity index (χ4n) is 1.37. The molecule has 0 bridgehead atoms. The van der Waals surface area contributed by atoms with Gasteiger partial charge >= 0.3 is 0 Å². The van der Waals surface area contributed by atoms with Crippen LogP contribution in [0.25, 0.3) is 0 Å². The molecule has 0 aliphatic rings. The highest BCUT2D eigenvalue weighted by Crippen LogP contribution is 2.23. The van der Waals surface area contributed by atoms with Crippen LogP contribution in [0, 0.1) is 6.92 Å². The summed E-state index contributed by atoms with van der Waals surface area (Å²) >= 11 is 1.59. The van der Waals surface area contributed by atoms with Gasteiger partial charge in [-0.2, -0.15) is 0 Å². The molecule has 2 aromatic rings. The maximum atomic E-state index is 5.67. The summed E-state index contributed by atoms with van der Waals surface area (Å²) in [7, 11) is 0. The number of rotatable bonds is 5. The van der Waals surface area contributed by atoms with Crippen molar-refractivity contribution >= 4 is 11.8 Å². The minimum Gasteiger partial charge on any atom is -0.437 e. The Morgan fingerprint density at radius 1 is 1.22 bits per heavy atom. The molecule has 1 aromatic heterocycles. The molecule has 2 rings (SSSR count). The van der Waals surface area contributed by atoms with Gasteiger partial charge in [-0.25, -0.2) is 0 Å². The van der Waals surface area contributed by atoms with Gasteiger partial charge in [0.2, 0.25) is 5.88 Å². The summed E-state index contributed by atoms with van der Waals surface area (Å²) in [6.07, 6.45) is 1.84. The van der Waals surface area contributed by atoms with E-state index >= 15 is 0 Å². The Bertz CT molecular complexity index is 526. The van der Waals surface area contributed by atoms with Gasteiger partial charge < -0.3 is 4.74 Å². The molecule has 0 aliphatic heterocycles. The summed E-state index contributed by atoms with van der Waals surface area (Å²) < 4.78 is 5.67. The van der Waals surface area contributed by atoms with Crippen LogP contribution >= 0.6 is 11.8 Å². The predicted molar refractivity (Wildman–Crippen MR) is 74.2 cm³/mol. The predicted octanol–water partition coefficient (Wildman–Crippen LogP) is 3.86. The minimum atomic E-state index is 0.507. The Morgan fingerprint density at radius 3 is 2.72 bits per heavy atom. The summed E-state index contributed by atoms with van der Waals surface area (Å²) in [6, 6.07) is 11.5. The molecule has 4 heteroatoms. The van der Waals surface area contributed by atoms with E-state index in [1.807, 2.05) is 49.4 Å². The topological polar surface area (TPSA) is 35.0 Å². The maximum absolute atomic E-state index is 5.67. The molecule has 1 aromatic carbocycles. The van der Waals surface area contributed by atoms with Crippen molar-refractivity contribution in [2.24, 2.45) is 0 Å². The van der Waals surface area contributed by atoms with E-state index in [4.69, 9.17) is 4.74 Å². The van der Waals surface area contributed by atoms with Crippen LogP contribution in [0.4, 0.5) is 0 Å². The number of hydrogen-bond acceptors (Lipinski definition) is 4. The summed E-state index contributed by atoms with van der Waals surface area (Å²) in [5.41, 5.74) is 1.07. The highest BCUT2D eigenvalue weighted by atomic mass is 32.2. The van der Waals surface area contributed by atoms with Gasteiger partial charge in [-0.3, -0.25) is 0 Å². The number of para-hydroxylation sites is 1. The smallest absolute Gasteiger partial charge is 0.238 e. The molecule has 0 spiro atoms. The van der Waals surface area contributed by atoms with Crippen LogP contribution in [-0.4, -0.2) is 16.0 Å². The summed E-state index contributed by atoms with van der Waals surface area (Å²) in [5.74, 6) is 2.14. The lowest BCUT2D eigenvalue weighted by Gasteiger charge is -2.06. The molecule has 3 nitrogen and oxygen atoms in total. The van der Waals surface area contributed by atoms with E-state index in [0.29, 0.717) is 5.88 Å². The second-order valence-electron chi connectivity index (χ2n) is 3.68. The van der Waals surface area contributed by atoms with Crippen LogP contribution in [0.15, 0.2) is 54.1 Å². The van der Waals surface area contributed by atoms with Crippen LogP contribution < -0.4 is 4.74 Å². The average molecular weight is 258 g/mol. The molecule has 0 fully saturated rings. The van der Waals surface area contributed by atoms with Gasteiger partial charge in [-0.05, 0) is 24.6 Å². The molecular weight excluding hydrogens is 244 g/mol. The second-order valence-corrected chi connectivity index (χ2v) is 4.72. The lowest BCUT2D eigenvalue weighted by Crippen LogP contribution is -1.93. The third-order valence-electron chi connectivity index (χ3n) is 2.27. The fraction of sp³-hybridized carbons (Fsp3) is 0.143. The first-order valence-electron chi connectivity index (χ1n) is 5.60. The molecular formula is C14H14N2OS. The van der Waals surface area contributed by atoms with Gasteiger partial charge in [-0.15, -0.1) is 28.5 Å². The molecule has 0 N–H and O–H groups in total. The van der Waals surface area contributed by atoms with E-state index in [2.05, 4.69) is 16.8 Å². The van der Waals surface area contributed by atoms with Crippen LogP contribution in [0.2, 0.25) is 0 Å². The molecule has 0 radical (unpaired) electrons. The molecule has 0 saturated carbocycles. The van der Waals surface area contributed by atoms with Gasteiger partial charge in [-0.1, -0.05) is 24.3 Å². The third kappa shape index (κ3) is 3.34. The fourth-order valence-corrected chi connectivity index (χ4v) is 1.92. The number of nitrogens with zero attached hydrogens (tertiary/aromatic N) is 2. The Balaban J connectivity index is 2.06. The number of ether oxygens (including phenoxy) is 1. The number of aryl methyl sites for hydroxylation is 1. The van der Waals surface area contributed by atoms with Gasteiger partial charge in [0.1, 0.15) is 10.8 Å². The Hall–Kier alpha value is -1.81. The molecule has 0 atom stereocenters. The Labute approximate surface area is 111 Å². The Kier molecular flexibility index (Phi) is 4.36. The monoisotopic (exact) mass is 258 g/mol. The second kappa shape index (κ2) is 6.21. The van der Waals surface area contributed by atoms with E-state index < -0.39 is 0 Å². The van der Waals surface area contributed by atoms with Crippen LogP contribution in [-0.2, 0) is 0 Å². The lowest BCUT2D eigenvalue weighted by molar-refractivity contribution is 0.449. The highest BCUT2D eigenvalue weighted by molar-refractivity contribution is 7.99. The van der Waals surface area contributed by atoms with Crippen molar-refractivity contribution < 1.29 is 4.74 Å². The Morgan fingerprint density at radius 2 is 2.06 bits per heavy atom. The van der Waals surface area contributed by atoms with Gasteiger partial charge in [0, 0.05) is 11.8 Å². The molecule has 0 unspecified atom stereocenters. The summed E-state index contributed by atoms with van der Waals surface area (Å²) in [5, 5.41) is 8.99. The summed E-state index contributed by atoms with van der Waals surface area (Å²) in [6.45, 7) is 5.66. The van der Waals surface area contributed by atoms with E-state index in [-0.39, 0.29) is 0 Å². The SMILES string of the molecule is C=CCSc1ccc(Oc2ccccc2C)nn1. The zero-order chi connectivity index (χ0) is 12.8. The molecule has 92 valence electrons. The van der Waals surface area contributed by atoms with Crippen LogP contribution in [0.1, 0.15) is 5.56 Å². The normalized spacial score (nSPS) is 10.1. The number of hydrogen-bond donors (Lipinski definition) is 0. The van der Waals surface area contributed by atoms with Crippen molar-refractivity contribution in [1.29, 1.82) is 0 Å². The molecule has 0 aliphatic carbocycles. The van der Waals surface area contributed by atoms with Crippen molar-refractivity contribution in [3.8, 4) is 11.6 Å². The van der Waals surface area contributed by atoms with Gasteiger partial charge in [0.15, 0.2) is 0 Å². The van der Waals surface area contributed by atoms with Crippen molar-refractivity contribution in [1.82, 2.24) is 10.2 Å². The molecule has 0 amide bonds. The number of aromatic nitrogens is 2. The van der Waals surface area contributed by atoms with E-state index in [0.717, 1.165) is 22.1 Å². The first-order chi connectivity index (χ1) is 8.79. The zero-order valence-electron chi connectivity index (χ0n) is 10.2. The largest absolute Gasteiger partial charge is 0.437 e. The summed E-state index contributed by atoms with van der Waals surface area (Å²) in [4.78, 5) is 0. The van der Waals surface area contributed by atoms with E-state index in [1.165, 1.54) is 0 Å². The van der Waals surface area contributed by atoms with Crippen molar-refractivity contribution in [2.75, 3.05) is 5.75 Å². The third-order valence-corrected chi connectivity index (χ3v) is 3.19. The molecule has 18 heavy (non-hydrogen) atoms. The van der Waals surface area contributed by atoms with Crippen molar-refractivity contribution in [2.45, 2.75) is 11.9 Å². The first kappa shape index (κ1) is 12.6. The van der Waals surface area contributed by atoms with E-state index in [1.54, 1.807) is 11.8 Å². The maximum Gasteiger partial charge on any atom is 0.238 e. The number of benzene rings is 1. The van der Waals surface area contributed by atoms with Crippen LogP contribution in [0.3, 0.4) is 0 Å².